The number of rotatable bonds is 4. The Morgan fingerprint density at radius 1 is 1.45 bits per heavy atom. The van der Waals surface area contributed by atoms with E-state index < -0.39 is 0 Å². The van der Waals surface area contributed by atoms with E-state index in [-0.39, 0.29) is 25.2 Å². The van der Waals surface area contributed by atoms with Gasteiger partial charge in [-0.15, -0.1) is 0 Å². The third-order valence-electron chi connectivity index (χ3n) is 3.12. The summed E-state index contributed by atoms with van der Waals surface area (Å²) in [6.07, 6.45) is 0.286. The largest absolute Gasteiger partial charge is 0.454 e. The van der Waals surface area contributed by atoms with Gasteiger partial charge >= 0.3 is 0 Å². The van der Waals surface area contributed by atoms with E-state index in [0.29, 0.717) is 29.3 Å². The Morgan fingerprint density at radius 2 is 2.10 bits per heavy atom. The Morgan fingerprint density at radius 3 is 2.70 bits per heavy atom. The van der Waals surface area contributed by atoms with Crippen LogP contribution in [0.3, 0.4) is 0 Å². The number of nitriles is 1. The Hall–Kier alpha value is -2.42. The number of fused-ring (bicyclic) bond motifs is 1. The van der Waals surface area contributed by atoms with E-state index >= 15 is 0 Å². The fraction of sp³-hybridized carbons (Fsp3) is 0.429. The number of hydrogen-bond acceptors (Lipinski definition) is 5. The molecular formula is C14H17N3O3. The molecule has 0 aliphatic carbocycles. The molecule has 0 spiro atoms. The first-order chi connectivity index (χ1) is 9.54. The van der Waals surface area contributed by atoms with Crippen molar-refractivity contribution in [2.24, 2.45) is 0 Å². The van der Waals surface area contributed by atoms with Crippen LogP contribution >= 0.6 is 0 Å². The zero-order valence-corrected chi connectivity index (χ0v) is 11.5. The molecule has 0 saturated carbocycles. The van der Waals surface area contributed by atoms with Crippen LogP contribution in [0.1, 0.15) is 30.6 Å². The molecule has 0 radical (unpaired) electrons. The van der Waals surface area contributed by atoms with E-state index in [0.717, 1.165) is 0 Å². The predicted molar refractivity (Wildman–Crippen MR) is 73.4 cm³/mol. The van der Waals surface area contributed by atoms with Crippen LogP contribution in [0, 0.1) is 11.3 Å². The smallest absolute Gasteiger partial charge is 0.256 e. The fourth-order valence-corrected chi connectivity index (χ4v) is 2.06. The molecule has 0 fully saturated rings. The summed E-state index contributed by atoms with van der Waals surface area (Å²) in [5, 5.41) is 8.68. The van der Waals surface area contributed by atoms with Gasteiger partial charge in [-0.25, -0.2) is 0 Å². The van der Waals surface area contributed by atoms with E-state index in [1.54, 1.807) is 17.0 Å². The first kappa shape index (κ1) is 14.0. The average Bonchev–Trinajstić information content (AvgIpc) is 2.84. The van der Waals surface area contributed by atoms with Crippen LogP contribution in [0.2, 0.25) is 0 Å². The van der Waals surface area contributed by atoms with Crippen LogP contribution < -0.4 is 15.2 Å². The molecule has 1 heterocycles. The average molecular weight is 275 g/mol. The molecular weight excluding hydrogens is 258 g/mol. The molecule has 0 atom stereocenters. The highest BCUT2D eigenvalue weighted by molar-refractivity contribution is 6.00. The second kappa shape index (κ2) is 5.70. The topological polar surface area (TPSA) is 88.6 Å². The zero-order valence-electron chi connectivity index (χ0n) is 11.5. The Kier molecular flexibility index (Phi) is 3.99. The van der Waals surface area contributed by atoms with Crippen LogP contribution in [0.25, 0.3) is 0 Å². The lowest BCUT2D eigenvalue weighted by atomic mass is 10.1. The van der Waals surface area contributed by atoms with Crippen molar-refractivity contribution in [2.45, 2.75) is 26.3 Å². The van der Waals surface area contributed by atoms with E-state index in [1.807, 2.05) is 19.9 Å². The summed E-state index contributed by atoms with van der Waals surface area (Å²) in [6, 6.07) is 5.23. The van der Waals surface area contributed by atoms with Crippen LogP contribution in [-0.2, 0) is 0 Å². The lowest BCUT2D eigenvalue weighted by Crippen LogP contribution is -2.38. The van der Waals surface area contributed by atoms with Gasteiger partial charge in [0.05, 0.1) is 18.1 Å². The molecule has 1 aliphatic rings. The number of carbonyl (C=O) groups is 1. The molecule has 6 heteroatoms. The summed E-state index contributed by atoms with van der Waals surface area (Å²) in [5.41, 5.74) is 6.64. The van der Waals surface area contributed by atoms with Crippen molar-refractivity contribution in [1.82, 2.24) is 4.90 Å². The molecule has 0 unspecified atom stereocenters. The maximum atomic E-state index is 12.6. The Bertz CT molecular complexity index is 564. The lowest BCUT2D eigenvalue weighted by molar-refractivity contribution is 0.0711. The first-order valence-corrected chi connectivity index (χ1v) is 6.41. The maximum Gasteiger partial charge on any atom is 0.256 e. The van der Waals surface area contributed by atoms with Gasteiger partial charge in [0, 0.05) is 24.3 Å². The van der Waals surface area contributed by atoms with Crippen molar-refractivity contribution in [3.05, 3.63) is 17.7 Å². The summed E-state index contributed by atoms with van der Waals surface area (Å²) >= 11 is 0. The van der Waals surface area contributed by atoms with Gasteiger partial charge in [0.2, 0.25) is 6.79 Å². The molecule has 1 aliphatic heterocycles. The second-order valence-electron chi connectivity index (χ2n) is 4.79. The summed E-state index contributed by atoms with van der Waals surface area (Å²) in [7, 11) is 0. The monoisotopic (exact) mass is 275 g/mol. The summed E-state index contributed by atoms with van der Waals surface area (Å²) in [4.78, 5) is 14.2. The number of ether oxygens (including phenoxy) is 2. The number of amides is 1. The summed E-state index contributed by atoms with van der Waals surface area (Å²) in [6.45, 7) is 4.31. The number of carbonyl (C=O) groups excluding carboxylic acids is 1. The number of nitrogens with two attached hydrogens (primary N) is 1. The summed E-state index contributed by atoms with van der Waals surface area (Å²) < 4.78 is 10.5. The highest BCUT2D eigenvalue weighted by Gasteiger charge is 2.24. The third-order valence-corrected chi connectivity index (χ3v) is 3.12. The molecule has 1 aromatic carbocycles. The molecule has 1 amide bonds. The Labute approximate surface area is 117 Å². The normalized spacial score (nSPS) is 12.3. The van der Waals surface area contributed by atoms with Crippen molar-refractivity contribution in [2.75, 3.05) is 19.1 Å². The number of nitrogens with zero attached hydrogens (tertiary/aromatic N) is 2. The highest BCUT2D eigenvalue weighted by atomic mass is 16.7. The van der Waals surface area contributed by atoms with Gasteiger partial charge in [-0.3, -0.25) is 4.79 Å². The molecule has 0 aromatic heterocycles. The van der Waals surface area contributed by atoms with Crippen LogP contribution in [0.15, 0.2) is 12.1 Å². The number of anilines is 1. The van der Waals surface area contributed by atoms with Gasteiger partial charge in [-0.2, -0.15) is 5.26 Å². The quantitative estimate of drug-likeness (QED) is 0.846. The minimum absolute atomic E-state index is 0.0133. The molecule has 0 saturated heterocycles. The molecule has 0 bridgehead atoms. The standard InChI is InChI=1S/C14H17N3O3/c1-9(2)17(5-3-4-15)14(18)10-6-12-13(7-11(10)16)20-8-19-12/h6-7,9H,3,5,8,16H2,1-2H3. The van der Waals surface area contributed by atoms with Crippen molar-refractivity contribution >= 4 is 11.6 Å². The van der Waals surface area contributed by atoms with Gasteiger partial charge in [0.1, 0.15) is 0 Å². The minimum Gasteiger partial charge on any atom is -0.454 e. The number of hydrogen-bond donors (Lipinski definition) is 1. The molecule has 20 heavy (non-hydrogen) atoms. The van der Waals surface area contributed by atoms with Crippen LogP contribution in [-0.4, -0.2) is 30.2 Å². The van der Waals surface area contributed by atoms with E-state index in [9.17, 15) is 4.79 Å². The van der Waals surface area contributed by atoms with Gasteiger partial charge < -0.3 is 20.1 Å². The molecule has 6 nitrogen and oxygen atoms in total. The number of nitrogen functional groups attached to an aromatic ring is 1. The van der Waals surface area contributed by atoms with E-state index in [2.05, 4.69) is 0 Å². The van der Waals surface area contributed by atoms with E-state index in [4.69, 9.17) is 20.5 Å². The van der Waals surface area contributed by atoms with Gasteiger partial charge in [0.25, 0.3) is 5.91 Å². The van der Waals surface area contributed by atoms with Crippen molar-refractivity contribution < 1.29 is 14.3 Å². The van der Waals surface area contributed by atoms with Crippen LogP contribution in [0.4, 0.5) is 5.69 Å². The van der Waals surface area contributed by atoms with Gasteiger partial charge in [-0.1, -0.05) is 0 Å². The van der Waals surface area contributed by atoms with Crippen molar-refractivity contribution in [3.8, 4) is 17.6 Å². The predicted octanol–water partition coefficient (Wildman–Crippen LogP) is 1.76. The minimum atomic E-state index is -0.203. The fourth-order valence-electron chi connectivity index (χ4n) is 2.06. The maximum absolute atomic E-state index is 12.6. The number of benzene rings is 1. The molecule has 2 rings (SSSR count). The lowest BCUT2D eigenvalue weighted by Gasteiger charge is -2.26. The first-order valence-electron chi connectivity index (χ1n) is 6.41. The third kappa shape index (κ3) is 2.62. The van der Waals surface area contributed by atoms with Gasteiger partial charge in [-0.05, 0) is 19.9 Å². The van der Waals surface area contributed by atoms with Crippen molar-refractivity contribution in [1.29, 1.82) is 5.26 Å². The zero-order chi connectivity index (χ0) is 14.7. The Balaban J connectivity index is 2.30. The summed E-state index contributed by atoms with van der Waals surface area (Å²) in [5.74, 6) is 0.866. The van der Waals surface area contributed by atoms with Gasteiger partial charge in [0.15, 0.2) is 11.5 Å². The molecule has 1 aromatic rings. The molecule has 106 valence electrons. The SMILES string of the molecule is CC(C)N(CCC#N)C(=O)c1cc2c(cc1N)OCO2. The second-order valence-corrected chi connectivity index (χ2v) is 4.79. The molecule has 2 N–H and O–H groups in total. The highest BCUT2D eigenvalue weighted by Crippen LogP contribution is 2.36. The van der Waals surface area contributed by atoms with Crippen molar-refractivity contribution in [3.63, 3.8) is 0 Å². The van der Waals surface area contributed by atoms with Crippen LogP contribution in [0.5, 0.6) is 11.5 Å². The van der Waals surface area contributed by atoms with E-state index in [1.165, 1.54) is 0 Å².